The number of hydrogen-bond donors (Lipinski definition) is 7. The van der Waals surface area contributed by atoms with Gasteiger partial charge in [0.15, 0.2) is 0 Å². The molecule has 0 aliphatic rings. The molecule has 0 aliphatic carbocycles. The van der Waals surface area contributed by atoms with E-state index < -0.39 is 78.0 Å². The Balaban J connectivity index is 2.25. The van der Waals surface area contributed by atoms with Crippen molar-refractivity contribution in [2.75, 3.05) is 0 Å². The molecular formula is C29H41N5O8. The van der Waals surface area contributed by atoms with Crippen LogP contribution in [0.25, 0.3) is 10.9 Å². The van der Waals surface area contributed by atoms with Gasteiger partial charge in [-0.05, 0) is 23.5 Å². The van der Waals surface area contributed by atoms with Crippen LogP contribution in [0.15, 0.2) is 30.5 Å². The van der Waals surface area contributed by atoms with Gasteiger partial charge in [0.05, 0.1) is 6.42 Å². The van der Waals surface area contributed by atoms with Gasteiger partial charge in [0, 0.05) is 30.4 Å². The van der Waals surface area contributed by atoms with Crippen LogP contribution in [-0.2, 0) is 35.2 Å². The number of carbonyl (C=O) groups is 6. The number of carbonyl (C=O) groups excluding carboxylic acids is 4. The first-order valence-corrected chi connectivity index (χ1v) is 14.0. The van der Waals surface area contributed by atoms with Gasteiger partial charge in [0.2, 0.25) is 23.6 Å². The summed E-state index contributed by atoms with van der Waals surface area (Å²) in [6, 6.07) is 2.41. The smallest absolute Gasteiger partial charge is 0.326 e. The maximum Gasteiger partial charge on any atom is 0.326 e. The minimum absolute atomic E-state index is 0.00588. The summed E-state index contributed by atoms with van der Waals surface area (Å²) < 4.78 is 0. The molecule has 13 heteroatoms. The van der Waals surface area contributed by atoms with Crippen molar-refractivity contribution in [3.05, 3.63) is 36.0 Å². The van der Waals surface area contributed by atoms with Gasteiger partial charge in [-0.3, -0.25) is 24.0 Å². The number of carboxylic acid groups (broad SMARTS) is 2. The van der Waals surface area contributed by atoms with E-state index in [0.29, 0.717) is 18.4 Å². The molecule has 1 aromatic carbocycles. The van der Waals surface area contributed by atoms with Gasteiger partial charge in [-0.2, -0.15) is 0 Å². The number of carboxylic acids is 2. The Kier molecular flexibility index (Phi) is 12.5. The van der Waals surface area contributed by atoms with Crippen LogP contribution in [0.2, 0.25) is 0 Å². The van der Waals surface area contributed by atoms with Crippen molar-refractivity contribution in [2.24, 2.45) is 11.8 Å². The molecule has 0 aliphatic heterocycles. The van der Waals surface area contributed by atoms with Crippen LogP contribution in [0.4, 0.5) is 0 Å². The lowest BCUT2D eigenvalue weighted by Crippen LogP contribution is -2.60. The highest BCUT2D eigenvalue weighted by Crippen LogP contribution is 2.20. The maximum atomic E-state index is 13.5. The number of amides is 4. The standard InChI is InChI=1S/C29H41N5O8/c1-6-15(3)24(27(39)32-22(29(41)42)12-18-14-30-20-11-9-8-10-19(18)20)34-28(40)25(16(4)7-2)33-26(38)21(13-23(36)37)31-17(5)35/h8-11,14-16,21-22,24-25,30H,6-7,12-13H2,1-5H3,(H,31,35)(H,32,39)(H,33,38)(H,34,40)(H,36,37)(H,41,42)/t15?,16?,21-,22-,24-,25-/m0/s1. The number of nitrogens with one attached hydrogen (secondary N) is 5. The summed E-state index contributed by atoms with van der Waals surface area (Å²) >= 11 is 0. The normalized spacial score (nSPS) is 15.4. The van der Waals surface area contributed by atoms with Crippen LogP contribution in [0.3, 0.4) is 0 Å². The van der Waals surface area contributed by atoms with Crippen LogP contribution >= 0.6 is 0 Å². The first-order chi connectivity index (χ1) is 19.8. The van der Waals surface area contributed by atoms with Crippen molar-refractivity contribution in [3.63, 3.8) is 0 Å². The Hall–Kier alpha value is -4.42. The number of aromatic nitrogens is 1. The summed E-state index contributed by atoms with van der Waals surface area (Å²) in [5.74, 6) is -6.25. The molecule has 2 unspecified atom stereocenters. The molecule has 2 rings (SSSR count). The maximum absolute atomic E-state index is 13.5. The summed E-state index contributed by atoms with van der Waals surface area (Å²) in [6.07, 6.45) is 1.94. The van der Waals surface area contributed by atoms with E-state index in [1.807, 2.05) is 31.2 Å². The molecule has 2 aromatic rings. The van der Waals surface area contributed by atoms with Crippen molar-refractivity contribution >= 4 is 46.5 Å². The van der Waals surface area contributed by atoms with E-state index in [2.05, 4.69) is 26.3 Å². The van der Waals surface area contributed by atoms with Crippen LogP contribution in [0.1, 0.15) is 59.4 Å². The number of fused-ring (bicyclic) bond motifs is 1. The van der Waals surface area contributed by atoms with E-state index in [0.717, 1.165) is 17.8 Å². The number of aliphatic carboxylic acids is 2. The molecule has 1 heterocycles. The van der Waals surface area contributed by atoms with E-state index >= 15 is 0 Å². The topological polar surface area (TPSA) is 207 Å². The van der Waals surface area contributed by atoms with Crippen molar-refractivity contribution < 1.29 is 39.0 Å². The molecule has 42 heavy (non-hydrogen) atoms. The average Bonchev–Trinajstić information content (AvgIpc) is 3.34. The van der Waals surface area contributed by atoms with Gasteiger partial charge < -0.3 is 36.5 Å². The third kappa shape index (κ3) is 9.32. The Bertz CT molecular complexity index is 1280. The second-order valence-electron chi connectivity index (χ2n) is 10.6. The van der Waals surface area contributed by atoms with E-state index in [1.54, 1.807) is 27.0 Å². The lowest BCUT2D eigenvalue weighted by atomic mass is 9.94. The van der Waals surface area contributed by atoms with Crippen molar-refractivity contribution in [1.29, 1.82) is 0 Å². The zero-order valence-corrected chi connectivity index (χ0v) is 24.5. The molecule has 0 saturated heterocycles. The van der Waals surface area contributed by atoms with E-state index in [1.165, 1.54) is 0 Å². The number of H-pyrrole nitrogens is 1. The van der Waals surface area contributed by atoms with E-state index in [9.17, 15) is 33.9 Å². The summed E-state index contributed by atoms with van der Waals surface area (Å²) in [5, 5.41) is 29.9. The minimum Gasteiger partial charge on any atom is -0.481 e. The van der Waals surface area contributed by atoms with Gasteiger partial charge >= 0.3 is 11.9 Å². The number of benzene rings is 1. The summed E-state index contributed by atoms with van der Waals surface area (Å²) in [5.41, 5.74) is 1.53. The average molecular weight is 588 g/mol. The fourth-order valence-corrected chi connectivity index (χ4v) is 4.51. The third-order valence-corrected chi connectivity index (χ3v) is 7.37. The Morgan fingerprint density at radius 3 is 1.86 bits per heavy atom. The van der Waals surface area contributed by atoms with Crippen molar-refractivity contribution in [2.45, 2.75) is 84.5 Å². The molecule has 0 fully saturated rings. The fourth-order valence-electron chi connectivity index (χ4n) is 4.51. The van der Waals surface area contributed by atoms with Gasteiger partial charge in [0.1, 0.15) is 24.2 Å². The first kappa shape index (κ1) is 33.8. The highest BCUT2D eigenvalue weighted by atomic mass is 16.4. The quantitative estimate of drug-likeness (QED) is 0.152. The molecule has 0 radical (unpaired) electrons. The second-order valence-corrected chi connectivity index (χ2v) is 10.6. The zero-order chi connectivity index (χ0) is 31.6. The second kappa shape index (κ2) is 15.5. The van der Waals surface area contributed by atoms with Gasteiger partial charge in [-0.25, -0.2) is 4.79 Å². The zero-order valence-electron chi connectivity index (χ0n) is 24.5. The lowest BCUT2D eigenvalue weighted by Gasteiger charge is -2.30. The lowest BCUT2D eigenvalue weighted by molar-refractivity contribution is -0.142. The Labute approximate surface area is 244 Å². The SMILES string of the molecule is CCC(C)[C@H](NC(=O)[C@H](CC(=O)O)NC(C)=O)C(=O)N[C@H](C(=O)N[C@@H](Cc1c[nH]c2ccccc12)C(=O)O)C(C)CC. The summed E-state index contributed by atoms with van der Waals surface area (Å²) in [4.78, 5) is 77.8. The highest BCUT2D eigenvalue weighted by Gasteiger charge is 2.35. The molecule has 0 saturated carbocycles. The predicted molar refractivity (Wildman–Crippen MR) is 154 cm³/mol. The third-order valence-electron chi connectivity index (χ3n) is 7.37. The summed E-state index contributed by atoms with van der Waals surface area (Å²) in [7, 11) is 0. The molecule has 13 nitrogen and oxygen atoms in total. The van der Waals surface area contributed by atoms with Crippen LogP contribution in [0.5, 0.6) is 0 Å². The number of aromatic amines is 1. The van der Waals surface area contributed by atoms with Crippen LogP contribution < -0.4 is 21.3 Å². The molecular weight excluding hydrogens is 546 g/mol. The largest absolute Gasteiger partial charge is 0.481 e. The van der Waals surface area contributed by atoms with Gasteiger partial charge in [-0.15, -0.1) is 0 Å². The van der Waals surface area contributed by atoms with Gasteiger partial charge in [0.25, 0.3) is 0 Å². The Morgan fingerprint density at radius 2 is 1.33 bits per heavy atom. The predicted octanol–water partition coefficient (Wildman–Crippen LogP) is 1.32. The van der Waals surface area contributed by atoms with Crippen molar-refractivity contribution in [1.82, 2.24) is 26.3 Å². The minimum atomic E-state index is -1.41. The molecule has 1 aromatic heterocycles. The first-order valence-electron chi connectivity index (χ1n) is 14.0. The highest BCUT2D eigenvalue weighted by molar-refractivity contribution is 5.96. The van der Waals surface area contributed by atoms with Crippen molar-refractivity contribution in [3.8, 4) is 0 Å². The molecule has 6 atom stereocenters. The molecule has 7 N–H and O–H groups in total. The molecule has 0 spiro atoms. The number of hydrogen-bond acceptors (Lipinski definition) is 6. The van der Waals surface area contributed by atoms with Crippen LogP contribution in [-0.4, -0.2) is 74.9 Å². The van der Waals surface area contributed by atoms with Crippen LogP contribution in [0, 0.1) is 11.8 Å². The van der Waals surface area contributed by atoms with E-state index in [-0.39, 0.29) is 6.42 Å². The van der Waals surface area contributed by atoms with E-state index in [4.69, 9.17) is 5.11 Å². The van der Waals surface area contributed by atoms with Gasteiger partial charge in [-0.1, -0.05) is 58.7 Å². The molecule has 0 bridgehead atoms. The fraction of sp³-hybridized carbons (Fsp3) is 0.517. The number of rotatable bonds is 16. The summed E-state index contributed by atoms with van der Waals surface area (Å²) in [6.45, 7) is 8.18. The molecule has 4 amide bonds. The monoisotopic (exact) mass is 587 g/mol. The Morgan fingerprint density at radius 1 is 0.786 bits per heavy atom. The molecule has 230 valence electrons. The number of para-hydroxylation sites is 1.